The van der Waals surface area contributed by atoms with E-state index in [1.54, 1.807) is 24.3 Å². The van der Waals surface area contributed by atoms with E-state index < -0.39 is 5.91 Å². The van der Waals surface area contributed by atoms with E-state index >= 15 is 0 Å². The van der Waals surface area contributed by atoms with Gasteiger partial charge in [-0.2, -0.15) is 0 Å². The number of nitrogens with two attached hydrogens (primary N) is 1. The summed E-state index contributed by atoms with van der Waals surface area (Å²) in [5.41, 5.74) is 6.38. The molecule has 0 saturated heterocycles. The maximum Gasteiger partial charge on any atom is 0.241 e. The van der Waals surface area contributed by atoms with Crippen LogP contribution in [0, 0.1) is 0 Å². The van der Waals surface area contributed by atoms with Crippen molar-refractivity contribution in [1.29, 1.82) is 0 Å². The second kappa shape index (κ2) is 4.95. The van der Waals surface area contributed by atoms with Crippen LogP contribution in [0.5, 0.6) is 0 Å². The van der Waals surface area contributed by atoms with Crippen molar-refractivity contribution < 1.29 is 9.59 Å². The van der Waals surface area contributed by atoms with E-state index in [9.17, 15) is 9.59 Å². The van der Waals surface area contributed by atoms with Crippen molar-refractivity contribution in [2.45, 2.75) is 6.92 Å². The fourth-order valence-electron chi connectivity index (χ4n) is 1.12. The summed E-state index contributed by atoms with van der Waals surface area (Å²) in [6.07, 6.45) is 2.81. The average molecular weight is 204 g/mol. The SMILES string of the molecule is CC(=O)Nc1ccccc1C=CC(N)=O. The Morgan fingerprint density at radius 2 is 2.00 bits per heavy atom. The number of benzene rings is 1. The maximum atomic E-state index is 10.9. The van der Waals surface area contributed by atoms with Crippen molar-refractivity contribution in [3.8, 4) is 0 Å². The van der Waals surface area contributed by atoms with E-state index in [4.69, 9.17) is 5.73 Å². The minimum Gasteiger partial charge on any atom is -0.366 e. The Morgan fingerprint density at radius 1 is 1.33 bits per heavy atom. The molecule has 0 bridgehead atoms. The number of carbonyl (C=O) groups is 2. The van der Waals surface area contributed by atoms with Crippen LogP contribution >= 0.6 is 0 Å². The van der Waals surface area contributed by atoms with Gasteiger partial charge in [-0.25, -0.2) is 0 Å². The molecule has 1 rings (SSSR count). The molecule has 3 N–H and O–H groups in total. The zero-order valence-electron chi connectivity index (χ0n) is 8.36. The van der Waals surface area contributed by atoms with E-state index in [-0.39, 0.29) is 5.91 Å². The minimum absolute atomic E-state index is 0.157. The van der Waals surface area contributed by atoms with Gasteiger partial charge < -0.3 is 11.1 Å². The number of rotatable bonds is 3. The fraction of sp³-hybridized carbons (Fsp3) is 0.0909. The molecule has 0 aromatic heterocycles. The molecule has 0 spiro atoms. The van der Waals surface area contributed by atoms with Crippen molar-refractivity contribution in [1.82, 2.24) is 0 Å². The van der Waals surface area contributed by atoms with Gasteiger partial charge >= 0.3 is 0 Å². The molecule has 0 aliphatic carbocycles. The van der Waals surface area contributed by atoms with Crippen LogP contribution in [0.1, 0.15) is 12.5 Å². The molecule has 0 heterocycles. The quantitative estimate of drug-likeness (QED) is 0.725. The van der Waals surface area contributed by atoms with Gasteiger partial charge in [-0.05, 0) is 17.7 Å². The van der Waals surface area contributed by atoms with E-state index in [2.05, 4.69) is 5.32 Å². The standard InChI is InChI=1S/C11H12N2O2/c1-8(14)13-10-5-3-2-4-9(10)6-7-11(12)15/h2-7H,1H3,(H2,12,15)(H,13,14). The normalized spacial score (nSPS) is 10.2. The first-order valence-electron chi connectivity index (χ1n) is 4.43. The summed E-state index contributed by atoms with van der Waals surface area (Å²) in [6, 6.07) is 7.14. The molecular formula is C11H12N2O2. The highest BCUT2D eigenvalue weighted by Crippen LogP contribution is 2.16. The third-order valence-electron chi connectivity index (χ3n) is 1.70. The molecule has 0 aliphatic rings. The first-order chi connectivity index (χ1) is 7.09. The monoisotopic (exact) mass is 204 g/mol. The van der Waals surface area contributed by atoms with E-state index in [1.165, 1.54) is 13.0 Å². The lowest BCUT2D eigenvalue weighted by Gasteiger charge is -2.05. The van der Waals surface area contributed by atoms with Gasteiger partial charge in [-0.3, -0.25) is 9.59 Å². The summed E-state index contributed by atoms with van der Waals surface area (Å²) in [5.74, 6) is -0.678. The van der Waals surface area contributed by atoms with Crippen LogP contribution in [0.2, 0.25) is 0 Å². The van der Waals surface area contributed by atoms with Gasteiger partial charge in [0.1, 0.15) is 0 Å². The predicted octanol–water partition coefficient (Wildman–Crippen LogP) is 1.14. The van der Waals surface area contributed by atoms with Gasteiger partial charge in [-0.1, -0.05) is 18.2 Å². The zero-order chi connectivity index (χ0) is 11.3. The highest BCUT2D eigenvalue weighted by atomic mass is 16.1. The Balaban J connectivity index is 2.95. The lowest BCUT2D eigenvalue weighted by molar-refractivity contribution is -0.114. The number of primary amides is 1. The third-order valence-corrected chi connectivity index (χ3v) is 1.70. The first-order valence-corrected chi connectivity index (χ1v) is 4.43. The summed E-state index contributed by atoms with van der Waals surface area (Å²) in [5, 5.41) is 2.65. The fourth-order valence-corrected chi connectivity index (χ4v) is 1.12. The van der Waals surface area contributed by atoms with Gasteiger partial charge in [0.15, 0.2) is 0 Å². The van der Waals surface area contributed by atoms with Crippen molar-refractivity contribution in [3.05, 3.63) is 35.9 Å². The number of carbonyl (C=O) groups excluding carboxylic acids is 2. The van der Waals surface area contributed by atoms with E-state index in [0.29, 0.717) is 5.69 Å². The van der Waals surface area contributed by atoms with Gasteiger partial charge in [0.05, 0.1) is 0 Å². The van der Waals surface area contributed by atoms with Crippen molar-refractivity contribution in [2.24, 2.45) is 5.73 Å². The van der Waals surface area contributed by atoms with Gasteiger partial charge in [0.25, 0.3) is 0 Å². The lowest BCUT2D eigenvalue weighted by atomic mass is 10.1. The molecule has 1 aromatic carbocycles. The summed E-state index contributed by atoms with van der Waals surface area (Å²) >= 11 is 0. The van der Waals surface area contributed by atoms with Crippen LogP contribution < -0.4 is 11.1 Å². The highest BCUT2D eigenvalue weighted by molar-refractivity contribution is 5.94. The summed E-state index contributed by atoms with van der Waals surface area (Å²) in [6.45, 7) is 1.43. The highest BCUT2D eigenvalue weighted by Gasteiger charge is 1.99. The Hall–Kier alpha value is -2.10. The number of hydrogen-bond donors (Lipinski definition) is 2. The number of hydrogen-bond acceptors (Lipinski definition) is 2. The first kappa shape index (κ1) is 11.0. The predicted molar refractivity (Wildman–Crippen MR) is 59.0 cm³/mol. The number of para-hydroxylation sites is 1. The van der Waals surface area contributed by atoms with Crippen LogP contribution in [-0.4, -0.2) is 11.8 Å². The molecule has 0 atom stereocenters. The van der Waals surface area contributed by atoms with E-state index in [1.807, 2.05) is 6.07 Å². The average Bonchev–Trinajstić information content (AvgIpc) is 2.15. The Morgan fingerprint density at radius 3 is 2.60 bits per heavy atom. The second-order valence-corrected chi connectivity index (χ2v) is 3.00. The van der Waals surface area contributed by atoms with Crippen molar-refractivity contribution in [2.75, 3.05) is 5.32 Å². The van der Waals surface area contributed by atoms with Gasteiger partial charge in [-0.15, -0.1) is 0 Å². The van der Waals surface area contributed by atoms with Crippen LogP contribution in [0.4, 0.5) is 5.69 Å². The zero-order valence-corrected chi connectivity index (χ0v) is 8.36. The summed E-state index contributed by atoms with van der Waals surface area (Å²) in [4.78, 5) is 21.4. The smallest absolute Gasteiger partial charge is 0.241 e. The van der Waals surface area contributed by atoms with Crippen LogP contribution in [-0.2, 0) is 9.59 Å². The number of amides is 2. The van der Waals surface area contributed by atoms with Crippen LogP contribution in [0.15, 0.2) is 30.3 Å². The second-order valence-electron chi connectivity index (χ2n) is 3.00. The van der Waals surface area contributed by atoms with Crippen LogP contribution in [0.3, 0.4) is 0 Å². The molecule has 0 aliphatic heterocycles. The molecule has 2 amide bonds. The number of anilines is 1. The minimum atomic E-state index is -0.521. The number of nitrogens with one attached hydrogen (secondary N) is 1. The Kier molecular flexibility index (Phi) is 3.62. The lowest BCUT2D eigenvalue weighted by Crippen LogP contribution is -2.07. The molecule has 1 aromatic rings. The molecule has 78 valence electrons. The maximum absolute atomic E-state index is 10.9. The molecule has 4 nitrogen and oxygen atoms in total. The third kappa shape index (κ3) is 3.64. The molecule has 15 heavy (non-hydrogen) atoms. The molecule has 0 saturated carbocycles. The topological polar surface area (TPSA) is 72.2 Å². The molecule has 0 unspecified atom stereocenters. The van der Waals surface area contributed by atoms with Crippen molar-refractivity contribution in [3.63, 3.8) is 0 Å². The summed E-state index contributed by atoms with van der Waals surface area (Å²) in [7, 11) is 0. The molecule has 0 radical (unpaired) electrons. The Bertz CT molecular complexity index is 411. The van der Waals surface area contributed by atoms with Crippen LogP contribution in [0.25, 0.3) is 6.08 Å². The van der Waals surface area contributed by atoms with Gasteiger partial charge in [0.2, 0.25) is 11.8 Å². The van der Waals surface area contributed by atoms with Gasteiger partial charge in [0, 0.05) is 18.7 Å². The Labute approximate surface area is 87.8 Å². The van der Waals surface area contributed by atoms with Crippen molar-refractivity contribution >= 4 is 23.6 Å². The molecule has 0 fully saturated rings. The molecular weight excluding hydrogens is 192 g/mol. The summed E-state index contributed by atoms with van der Waals surface area (Å²) < 4.78 is 0. The molecule has 4 heteroatoms. The largest absolute Gasteiger partial charge is 0.366 e. The van der Waals surface area contributed by atoms with E-state index in [0.717, 1.165) is 5.56 Å².